The zero-order chi connectivity index (χ0) is 12.3. The summed E-state index contributed by atoms with van der Waals surface area (Å²) in [7, 11) is 1.69. The van der Waals surface area contributed by atoms with Crippen LogP contribution in [0.2, 0.25) is 0 Å². The third-order valence-electron chi connectivity index (χ3n) is 2.74. The minimum absolute atomic E-state index is 0.155. The molecular weight excluding hydrogens is 216 g/mol. The first-order chi connectivity index (χ1) is 8.20. The number of nitrogens with zero attached hydrogens (tertiary/aromatic N) is 1. The second-order valence-electron chi connectivity index (χ2n) is 4.26. The van der Waals surface area contributed by atoms with Crippen molar-refractivity contribution in [2.75, 3.05) is 13.7 Å². The van der Waals surface area contributed by atoms with Gasteiger partial charge in [0.1, 0.15) is 5.52 Å². The molecule has 1 atom stereocenters. The highest BCUT2D eigenvalue weighted by Gasteiger charge is 2.13. The number of oxazole rings is 1. The molecule has 0 aliphatic rings. The molecule has 0 amide bonds. The summed E-state index contributed by atoms with van der Waals surface area (Å²) in [6.45, 7) is 2.75. The molecule has 0 spiro atoms. The van der Waals surface area contributed by atoms with E-state index in [2.05, 4.69) is 4.98 Å². The van der Waals surface area contributed by atoms with Crippen LogP contribution in [0.1, 0.15) is 30.3 Å². The first kappa shape index (κ1) is 12.1. The van der Waals surface area contributed by atoms with Gasteiger partial charge in [0.15, 0.2) is 5.58 Å². The third-order valence-corrected chi connectivity index (χ3v) is 2.74. The zero-order valence-electron chi connectivity index (χ0n) is 10.3. The van der Waals surface area contributed by atoms with Crippen molar-refractivity contribution in [3.8, 4) is 0 Å². The molecule has 92 valence electrons. The normalized spacial score (nSPS) is 13.1. The Morgan fingerprint density at radius 3 is 3.06 bits per heavy atom. The van der Waals surface area contributed by atoms with Gasteiger partial charge in [0.2, 0.25) is 5.89 Å². The number of hydrogen-bond acceptors (Lipinski definition) is 4. The molecule has 17 heavy (non-hydrogen) atoms. The van der Waals surface area contributed by atoms with Crippen LogP contribution in [0.3, 0.4) is 0 Å². The number of rotatable bonds is 5. The van der Waals surface area contributed by atoms with E-state index < -0.39 is 0 Å². The SMILES string of the molecule is COCCCC(N)c1nc2cc(C)ccc2o1. The van der Waals surface area contributed by atoms with Gasteiger partial charge in [-0.15, -0.1) is 0 Å². The summed E-state index contributed by atoms with van der Waals surface area (Å²) in [6.07, 6.45) is 1.73. The molecule has 2 rings (SSSR count). The number of aryl methyl sites for hydroxylation is 1. The van der Waals surface area contributed by atoms with E-state index in [1.54, 1.807) is 7.11 Å². The molecule has 1 aromatic heterocycles. The number of hydrogen-bond donors (Lipinski definition) is 1. The number of fused-ring (bicyclic) bond motifs is 1. The van der Waals surface area contributed by atoms with Crippen LogP contribution in [0.25, 0.3) is 11.1 Å². The van der Waals surface area contributed by atoms with Crippen LogP contribution in [0.15, 0.2) is 22.6 Å². The van der Waals surface area contributed by atoms with Gasteiger partial charge < -0.3 is 14.9 Å². The lowest BCUT2D eigenvalue weighted by Gasteiger charge is -2.05. The summed E-state index contributed by atoms with van der Waals surface area (Å²) in [5, 5.41) is 0. The Balaban J connectivity index is 2.12. The fraction of sp³-hybridized carbons (Fsp3) is 0.462. The van der Waals surface area contributed by atoms with Crippen LogP contribution in [-0.2, 0) is 4.74 Å². The van der Waals surface area contributed by atoms with Crippen molar-refractivity contribution >= 4 is 11.1 Å². The highest BCUT2D eigenvalue weighted by atomic mass is 16.5. The maximum absolute atomic E-state index is 6.03. The average molecular weight is 234 g/mol. The second-order valence-corrected chi connectivity index (χ2v) is 4.26. The molecular formula is C13H18N2O2. The van der Waals surface area contributed by atoms with Gasteiger partial charge in [-0.25, -0.2) is 4.98 Å². The number of methoxy groups -OCH3 is 1. The van der Waals surface area contributed by atoms with E-state index in [0.29, 0.717) is 12.5 Å². The Bertz CT molecular complexity index is 493. The lowest BCUT2D eigenvalue weighted by Crippen LogP contribution is -2.11. The Kier molecular flexibility index (Phi) is 3.76. The van der Waals surface area contributed by atoms with Crippen LogP contribution in [0, 0.1) is 6.92 Å². The Morgan fingerprint density at radius 1 is 1.47 bits per heavy atom. The molecule has 1 heterocycles. The number of aromatic nitrogens is 1. The van der Waals surface area contributed by atoms with Crippen molar-refractivity contribution in [2.24, 2.45) is 5.73 Å². The van der Waals surface area contributed by atoms with Crippen LogP contribution < -0.4 is 5.73 Å². The molecule has 0 fully saturated rings. The summed E-state index contributed by atoms with van der Waals surface area (Å²) < 4.78 is 10.6. The quantitative estimate of drug-likeness (QED) is 0.808. The van der Waals surface area contributed by atoms with E-state index in [9.17, 15) is 0 Å². The standard InChI is InChI=1S/C13H18N2O2/c1-9-5-6-12-11(8-9)15-13(17-12)10(14)4-3-7-16-2/h5-6,8,10H,3-4,7,14H2,1-2H3. The number of benzene rings is 1. The largest absolute Gasteiger partial charge is 0.439 e. The zero-order valence-corrected chi connectivity index (χ0v) is 10.3. The molecule has 0 aliphatic carbocycles. The Morgan fingerprint density at radius 2 is 2.29 bits per heavy atom. The smallest absolute Gasteiger partial charge is 0.212 e. The number of nitrogens with two attached hydrogens (primary N) is 1. The number of ether oxygens (including phenoxy) is 1. The third kappa shape index (κ3) is 2.84. The van der Waals surface area contributed by atoms with Gasteiger partial charge in [0.25, 0.3) is 0 Å². The van der Waals surface area contributed by atoms with Crippen molar-refractivity contribution < 1.29 is 9.15 Å². The van der Waals surface area contributed by atoms with Gasteiger partial charge in [-0.3, -0.25) is 0 Å². The Hall–Kier alpha value is -1.39. The first-order valence-electron chi connectivity index (χ1n) is 5.82. The minimum Gasteiger partial charge on any atom is -0.439 e. The highest BCUT2D eigenvalue weighted by molar-refractivity contribution is 5.73. The monoisotopic (exact) mass is 234 g/mol. The molecule has 1 unspecified atom stereocenters. The van der Waals surface area contributed by atoms with E-state index in [-0.39, 0.29) is 6.04 Å². The lowest BCUT2D eigenvalue weighted by atomic mass is 10.2. The van der Waals surface area contributed by atoms with Crippen LogP contribution in [0.5, 0.6) is 0 Å². The molecule has 2 aromatic rings. The van der Waals surface area contributed by atoms with Gasteiger partial charge in [-0.1, -0.05) is 6.07 Å². The topological polar surface area (TPSA) is 61.3 Å². The van der Waals surface area contributed by atoms with E-state index in [0.717, 1.165) is 23.9 Å². The summed E-state index contributed by atoms with van der Waals surface area (Å²) in [5.41, 5.74) is 8.87. The van der Waals surface area contributed by atoms with Gasteiger partial charge in [0.05, 0.1) is 6.04 Å². The summed E-state index contributed by atoms with van der Waals surface area (Å²) >= 11 is 0. The summed E-state index contributed by atoms with van der Waals surface area (Å²) in [6, 6.07) is 5.79. The van der Waals surface area contributed by atoms with Crippen LogP contribution in [0.4, 0.5) is 0 Å². The van der Waals surface area contributed by atoms with Crippen molar-refractivity contribution in [3.05, 3.63) is 29.7 Å². The molecule has 0 radical (unpaired) electrons. The molecule has 0 saturated carbocycles. The fourth-order valence-corrected chi connectivity index (χ4v) is 1.78. The second kappa shape index (κ2) is 5.29. The fourth-order valence-electron chi connectivity index (χ4n) is 1.78. The summed E-state index contributed by atoms with van der Waals surface area (Å²) in [4.78, 5) is 4.42. The minimum atomic E-state index is -0.155. The first-order valence-corrected chi connectivity index (χ1v) is 5.82. The Labute approximate surface area is 101 Å². The van der Waals surface area contributed by atoms with E-state index in [1.165, 1.54) is 5.56 Å². The molecule has 0 saturated heterocycles. The lowest BCUT2D eigenvalue weighted by molar-refractivity contribution is 0.189. The van der Waals surface area contributed by atoms with Gasteiger partial charge >= 0.3 is 0 Å². The van der Waals surface area contributed by atoms with E-state index in [1.807, 2.05) is 25.1 Å². The molecule has 4 heteroatoms. The predicted molar refractivity (Wildman–Crippen MR) is 66.8 cm³/mol. The molecule has 0 aliphatic heterocycles. The average Bonchev–Trinajstić information content (AvgIpc) is 2.72. The molecule has 0 bridgehead atoms. The molecule has 1 aromatic carbocycles. The van der Waals surface area contributed by atoms with Crippen LogP contribution in [-0.4, -0.2) is 18.7 Å². The maximum Gasteiger partial charge on any atom is 0.212 e. The van der Waals surface area contributed by atoms with Crippen molar-refractivity contribution in [1.29, 1.82) is 0 Å². The van der Waals surface area contributed by atoms with Gasteiger partial charge in [-0.05, 0) is 37.5 Å². The van der Waals surface area contributed by atoms with Crippen molar-refractivity contribution in [2.45, 2.75) is 25.8 Å². The van der Waals surface area contributed by atoms with Gasteiger partial charge in [0, 0.05) is 13.7 Å². The van der Waals surface area contributed by atoms with Crippen molar-refractivity contribution in [1.82, 2.24) is 4.98 Å². The molecule has 2 N–H and O–H groups in total. The predicted octanol–water partition coefficient (Wildman–Crippen LogP) is 2.56. The molecule has 4 nitrogen and oxygen atoms in total. The summed E-state index contributed by atoms with van der Waals surface area (Å²) in [5.74, 6) is 0.613. The van der Waals surface area contributed by atoms with E-state index in [4.69, 9.17) is 14.9 Å². The van der Waals surface area contributed by atoms with Gasteiger partial charge in [-0.2, -0.15) is 0 Å². The van der Waals surface area contributed by atoms with E-state index >= 15 is 0 Å². The highest BCUT2D eigenvalue weighted by Crippen LogP contribution is 2.22. The van der Waals surface area contributed by atoms with Crippen molar-refractivity contribution in [3.63, 3.8) is 0 Å². The van der Waals surface area contributed by atoms with Crippen LogP contribution >= 0.6 is 0 Å². The maximum atomic E-state index is 6.03.